The van der Waals surface area contributed by atoms with Crippen molar-refractivity contribution in [3.63, 3.8) is 0 Å². The predicted octanol–water partition coefficient (Wildman–Crippen LogP) is 3.14. The second-order valence-corrected chi connectivity index (χ2v) is 10.1. The van der Waals surface area contributed by atoms with Crippen molar-refractivity contribution in [3.8, 4) is 0 Å². The Kier molecular flexibility index (Phi) is 5.92. The first-order chi connectivity index (χ1) is 15.5. The van der Waals surface area contributed by atoms with Crippen molar-refractivity contribution >= 4 is 45.0 Å². The summed E-state index contributed by atoms with van der Waals surface area (Å²) in [6.07, 6.45) is 2.19. The lowest BCUT2D eigenvalue weighted by atomic mass is 10.2. The zero-order valence-corrected chi connectivity index (χ0v) is 19.6. The molecule has 1 saturated carbocycles. The van der Waals surface area contributed by atoms with Gasteiger partial charge in [-0.1, -0.05) is 23.7 Å². The number of carbonyl (C=O) groups is 2. The lowest BCUT2D eigenvalue weighted by Gasteiger charge is -2.34. The van der Waals surface area contributed by atoms with Gasteiger partial charge in [-0.2, -0.15) is 5.10 Å². The highest BCUT2D eigenvalue weighted by Gasteiger charge is 2.27. The summed E-state index contributed by atoms with van der Waals surface area (Å²) in [7, 11) is 0. The standard InChI is InChI=1S/C23H26ClN5O2S/c1-15-19-12-20(32-23(19)29(26-15)13-16-2-4-17(24)5-3-16)22(31)28-10-8-27(9-11-28)14-21(30)25-18-6-7-18/h2-5,12,18H,6-11,13-14H2,1H3,(H,25,30). The van der Waals surface area contributed by atoms with Gasteiger partial charge < -0.3 is 10.2 Å². The maximum atomic E-state index is 13.2. The lowest BCUT2D eigenvalue weighted by Crippen LogP contribution is -2.51. The van der Waals surface area contributed by atoms with E-state index >= 15 is 0 Å². The van der Waals surface area contributed by atoms with Crippen LogP contribution in [0, 0.1) is 6.92 Å². The van der Waals surface area contributed by atoms with E-state index < -0.39 is 0 Å². The van der Waals surface area contributed by atoms with Crippen LogP contribution >= 0.6 is 22.9 Å². The molecule has 1 N–H and O–H groups in total. The van der Waals surface area contributed by atoms with E-state index in [-0.39, 0.29) is 11.8 Å². The van der Waals surface area contributed by atoms with Crippen molar-refractivity contribution in [1.82, 2.24) is 24.9 Å². The highest BCUT2D eigenvalue weighted by atomic mass is 35.5. The van der Waals surface area contributed by atoms with Gasteiger partial charge >= 0.3 is 0 Å². The molecule has 1 saturated heterocycles. The van der Waals surface area contributed by atoms with Crippen LogP contribution in [-0.4, -0.2) is 70.2 Å². The zero-order chi connectivity index (χ0) is 22.2. The number of thiophene rings is 1. The van der Waals surface area contributed by atoms with Crippen LogP contribution in [0.4, 0.5) is 0 Å². The third-order valence-electron chi connectivity index (χ3n) is 6.03. The van der Waals surface area contributed by atoms with Gasteiger partial charge in [0.1, 0.15) is 4.83 Å². The van der Waals surface area contributed by atoms with Crippen LogP contribution in [0.25, 0.3) is 10.2 Å². The Morgan fingerprint density at radius 1 is 1.16 bits per heavy atom. The van der Waals surface area contributed by atoms with Gasteiger partial charge in [-0.15, -0.1) is 11.3 Å². The molecule has 1 aliphatic heterocycles. The van der Waals surface area contributed by atoms with E-state index in [0.717, 1.165) is 52.3 Å². The molecule has 9 heteroatoms. The molecule has 32 heavy (non-hydrogen) atoms. The Morgan fingerprint density at radius 2 is 1.88 bits per heavy atom. The molecule has 0 spiro atoms. The minimum Gasteiger partial charge on any atom is -0.352 e. The number of nitrogens with one attached hydrogen (secondary N) is 1. The molecule has 1 aliphatic carbocycles. The van der Waals surface area contributed by atoms with E-state index in [2.05, 4.69) is 15.3 Å². The molecule has 7 nitrogen and oxygen atoms in total. The van der Waals surface area contributed by atoms with Crippen LogP contribution in [-0.2, 0) is 11.3 Å². The van der Waals surface area contributed by atoms with Crippen molar-refractivity contribution < 1.29 is 9.59 Å². The number of halogens is 1. The average Bonchev–Trinajstić information content (AvgIpc) is 3.39. The van der Waals surface area contributed by atoms with E-state index in [0.29, 0.717) is 37.2 Å². The maximum absolute atomic E-state index is 13.2. The van der Waals surface area contributed by atoms with E-state index in [1.54, 1.807) is 0 Å². The van der Waals surface area contributed by atoms with E-state index in [4.69, 9.17) is 11.6 Å². The summed E-state index contributed by atoms with van der Waals surface area (Å²) in [5.74, 6) is 0.156. The number of aryl methyl sites for hydroxylation is 1. The molecular weight excluding hydrogens is 446 g/mol. The van der Waals surface area contributed by atoms with Gasteiger partial charge in [0.2, 0.25) is 5.91 Å². The Hall–Kier alpha value is -2.42. The highest BCUT2D eigenvalue weighted by Crippen LogP contribution is 2.30. The van der Waals surface area contributed by atoms with Gasteiger partial charge in [-0.25, -0.2) is 0 Å². The van der Waals surface area contributed by atoms with Gasteiger partial charge in [0, 0.05) is 42.6 Å². The first-order valence-corrected chi connectivity index (χ1v) is 12.2. The van der Waals surface area contributed by atoms with Crippen LogP contribution < -0.4 is 5.32 Å². The summed E-state index contributed by atoms with van der Waals surface area (Å²) in [6, 6.07) is 10.1. The largest absolute Gasteiger partial charge is 0.352 e. The Labute approximate surface area is 195 Å². The summed E-state index contributed by atoms with van der Waals surface area (Å²) in [5.41, 5.74) is 2.04. The first-order valence-electron chi connectivity index (χ1n) is 11.0. The topological polar surface area (TPSA) is 70.5 Å². The van der Waals surface area contributed by atoms with Crippen LogP contribution in [0.2, 0.25) is 5.02 Å². The van der Waals surface area contributed by atoms with Crippen LogP contribution in [0.1, 0.15) is 33.8 Å². The fraction of sp³-hybridized carbons (Fsp3) is 0.435. The Balaban J connectivity index is 1.24. The fourth-order valence-corrected chi connectivity index (χ4v) is 5.31. The third kappa shape index (κ3) is 4.67. The normalized spacial score (nSPS) is 17.1. The number of benzene rings is 1. The number of aromatic nitrogens is 2. The zero-order valence-electron chi connectivity index (χ0n) is 18.0. The molecule has 0 bridgehead atoms. The SMILES string of the molecule is Cc1nn(Cc2ccc(Cl)cc2)c2sc(C(=O)N3CCN(CC(=O)NC4CC4)CC3)cc12. The number of nitrogens with zero attached hydrogens (tertiary/aromatic N) is 4. The molecule has 2 aliphatic rings. The fourth-order valence-electron chi connectivity index (χ4n) is 4.06. The second-order valence-electron chi connectivity index (χ2n) is 8.61. The molecule has 3 heterocycles. The molecule has 2 fully saturated rings. The summed E-state index contributed by atoms with van der Waals surface area (Å²) in [6.45, 7) is 5.75. The Bertz CT molecular complexity index is 1140. The predicted molar refractivity (Wildman–Crippen MR) is 126 cm³/mol. The van der Waals surface area contributed by atoms with Gasteiger partial charge in [0.05, 0.1) is 23.7 Å². The molecule has 168 valence electrons. The second kappa shape index (κ2) is 8.84. The number of piperazine rings is 1. The van der Waals surface area contributed by atoms with Gasteiger partial charge in [-0.05, 0) is 43.5 Å². The quantitative estimate of drug-likeness (QED) is 0.599. The summed E-state index contributed by atoms with van der Waals surface area (Å²) in [4.78, 5) is 31.0. The molecular formula is C23H26ClN5O2S. The maximum Gasteiger partial charge on any atom is 0.264 e. The number of amides is 2. The van der Waals surface area contributed by atoms with Crippen molar-refractivity contribution in [1.29, 1.82) is 0 Å². The number of hydrogen-bond acceptors (Lipinski definition) is 5. The third-order valence-corrected chi connectivity index (χ3v) is 7.42. The van der Waals surface area contributed by atoms with Gasteiger partial charge in [0.15, 0.2) is 0 Å². The number of fused-ring (bicyclic) bond motifs is 1. The van der Waals surface area contributed by atoms with Crippen LogP contribution in [0.15, 0.2) is 30.3 Å². The van der Waals surface area contributed by atoms with Crippen molar-refractivity contribution in [2.45, 2.75) is 32.4 Å². The molecule has 3 aromatic rings. The molecule has 0 radical (unpaired) electrons. The number of rotatable bonds is 6. The van der Waals surface area contributed by atoms with E-state index in [1.807, 2.05) is 46.8 Å². The molecule has 5 rings (SSSR count). The van der Waals surface area contributed by atoms with E-state index in [1.165, 1.54) is 11.3 Å². The lowest BCUT2D eigenvalue weighted by molar-refractivity contribution is -0.122. The molecule has 2 aromatic heterocycles. The van der Waals surface area contributed by atoms with E-state index in [9.17, 15) is 9.59 Å². The number of carbonyl (C=O) groups excluding carboxylic acids is 2. The van der Waals surface area contributed by atoms with Crippen molar-refractivity contribution in [2.75, 3.05) is 32.7 Å². The van der Waals surface area contributed by atoms with Crippen molar-refractivity contribution in [2.24, 2.45) is 0 Å². The van der Waals surface area contributed by atoms with Crippen LogP contribution in [0.3, 0.4) is 0 Å². The van der Waals surface area contributed by atoms with Gasteiger partial charge in [0.25, 0.3) is 5.91 Å². The minimum absolute atomic E-state index is 0.0609. The summed E-state index contributed by atoms with van der Waals surface area (Å²) in [5, 5.41) is 9.44. The van der Waals surface area contributed by atoms with Crippen LogP contribution in [0.5, 0.6) is 0 Å². The monoisotopic (exact) mass is 471 g/mol. The van der Waals surface area contributed by atoms with Gasteiger partial charge in [-0.3, -0.25) is 19.2 Å². The summed E-state index contributed by atoms with van der Waals surface area (Å²) >= 11 is 7.50. The molecule has 0 unspecified atom stereocenters. The summed E-state index contributed by atoms with van der Waals surface area (Å²) < 4.78 is 1.96. The average molecular weight is 472 g/mol. The minimum atomic E-state index is 0.0609. The smallest absolute Gasteiger partial charge is 0.264 e. The molecule has 0 atom stereocenters. The first kappa shape index (κ1) is 21.4. The number of hydrogen-bond donors (Lipinski definition) is 1. The molecule has 1 aromatic carbocycles. The highest BCUT2D eigenvalue weighted by molar-refractivity contribution is 7.20. The van der Waals surface area contributed by atoms with Crippen molar-refractivity contribution in [3.05, 3.63) is 51.5 Å². The molecule has 2 amide bonds. The Morgan fingerprint density at radius 3 is 2.56 bits per heavy atom.